The van der Waals surface area contributed by atoms with Crippen molar-refractivity contribution in [3.63, 3.8) is 0 Å². The van der Waals surface area contributed by atoms with E-state index in [4.69, 9.17) is 9.47 Å². The first-order valence-electron chi connectivity index (χ1n) is 23.3. The second-order valence-electron chi connectivity index (χ2n) is 15.8. The predicted octanol–water partition coefficient (Wildman–Crippen LogP) is 15.3. The van der Waals surface area contributed by atoms with Crippen LogP contribution in [0.5, 0.6) is 0 Å². The van der Waals surface area contributed by atoms with Gasteiger partial charge in [0.2, 0.25) is 0 Å². The first kappa shape index (κ1) is 50.1. The van der Waals surface area contributed by atoms with Crippen LogP contribution in [-0.4, -0.2) is 37.0 Å². The average molecular weight is 721 g/mol. The maximum atomic E-state index is 12.2. The van der Waals surface area contributed by atoms with Gasteiger partial charge in [-0.05, 0) is 38.5 Å². The zero-order chi connectivity index (χ0) is 37.0. The van der Waals surface area contributed by atoms with E-state index >= 15 is 0 Å². The molecule has 1 N–H and O–H groups in total. The summed E-state index contributed by atoms with van der Waals surface area (Å²) in [5.74, 6) is -0.204. The fourth-order valence-corrected chi connectivity index (χ4v) is 7.09. The molecule has 304 valence electrons. The van der Waals surface area contributed by atoms with Crippen molar-refractivity contribution >= 4 is 5.97 Å². The summed E-state index contributed by atoms with van der Waals surface area (Å²) >= 11 is 0. The average Bonchev–Trinajstić information content (AvgIpc) is 3.14. The van der Waals surface area contributed by atoms with E-state index in [-0.39, 0.29) is 12.6 Å². The highest BCUT2D eigenvalue weighted by atomic mass is 16.6. The Morgan fingerprint density at radius 2 is 0.765 bits per heavy atom. The van der Waals surface area contributed by atoms with Crippen molar-refractivity contribution in [2.75, 3.05) is 19.8 Å². The van der Waals surface area contributed by atoms with Gasteiger partial charge in [-0.3, -0.25) is 4.79 Å². The molecule has 51 heavy (non-hydrogen) atoms. The number of aliphatic hydroxyl groups excluding tert-OH is 1. The Morgan fingerprint density at radius 3 is 1.12 bits per heavy atom. The number of hydrogen-bond donors (Lipinski definition) is 1. The maximum Gasteiger partial charge on any atom is 0.306 e. The Hall–Kier alpha value is -0.870. The van der Waals surface area contributed by atoms with Gasteiger partial charge in [0.1, 0.15) is 6.10 Å². The topological polar surface area (TPSA) is 55.8 Å². The zero-order valence-corrected chi connectivity index (χ0v) is 34.9. The molecular formula is C47H92O4. The van der Waals surface area contributed by atoms with Crippen LogP contribution in [0.4, 0.5) is 0 Å². The van der Waals surface area contributed by atoms with Crippen LogP contribution < -0.4 is 0 Å². The van der Waals surface area contributed by atoms with E-state index < -0.39 is 6.10 Å². The quantitative estimate of drug-likeness (QED) is 0.0387. The van der Waals surface area contributed by atoms with E-state index in [9.17, 15) is 9.90 Å². The Balaban J connectivity index is 3.33. The highest BCUT2D eigenvalue weighted by Gasteiger charge is 2.13. The van der Waals surface area contributed by atoms with Gasteiger partial charge >= 0.3 is 5.97 Å². The summed E-state index contributed by atoms with van der Waals surface area (Å²) in [5.41, 5.74) is 0. The molecule has 4 heteroatoms. The van der Waals surface area contributed by atoms with Crippen LogP contribution in [0, 0.1) is 0 Å². The Labute approximate surface area is 320 Å². The highest BCUT2D eigenvalue weighted by molar-refractivity contribution is 5.69. The SMILES string of the molecule is CCCCCCC/C=C\CCCCCCCC(=O)OC(CO)COCCCCCCCCCCCCCCCCCCCCCCCCCCC. The molecule has 1 atom stereocenters. The number of carbonyl (C=O) groups is 1. The lowest BCUT2D eigenvalue weighted by molar-refractivity contribution is -0.154. The third kappa shape index (κ3) is 43.4. The monoisotopic (exact) mass is 721 g/mol. The minimum absolute atomic E-state index is 0.169. The summed E-state index contributed by atoms with van der Waals surface area (Å²) in [7, 11) is 0. The summed E-state index contributed by atoms with van der Waals surface area (Å²) in [6.07, 6.45) is 54.4. The van der Waals surface area contributed by atoms with Crippen molar-refractivity contribution < 1.29 is 19.4 Å². The van der Waals surface area contributed by atoms with Crippen molar-refractivity contribution in [3.8, 4) is 0 Å². The molecule has 4 nitrogen and oxygen atoms in total. The van der Waals surface area contributed by atoms with Gasteiger partial charge in [0.05, 0.1) is 13.2 Å². The molecule has 1 unspecified atom stereocenters. The summed E-state index contributed by atoms with van der Waals surface area (Å²) < 4.78 is 11.2. The lowest BCUT2D eigenvalue weighted by Crippen LogP contribution is -2.27. The number of hydrogen-bond acceptors (Lipinski definition) is 4. The van der Waals surface area contributed by atoms with Crippen LogP contribution in [-0.2, 0) is 14.3 Å². The number of ether oxygens (including phenoxy) is 2. The van der Waals surface area contributed by atoms with Crippen molar-refractivity contribution in [3.05, 3.63) is 12.2 Å². The van der Waals surface area contributed by atoms with Gasteiger partial charge < -0.3 is 14.6 Å². The number of unbranched alkanes of at least 4 members (excludes halogenated alkanes) is 34. The van der Waals surface area contributed by atoms with Crippen molar-refractivity contribution in [1.29, 1.82) is 0 Å². The third-order valence-corrected chi connectivity index (χ3v) is 10.6. The van der Waals surface area contributed by atoms with Gasteiger partial charge in [-0.25, -0.2) is 0 Å². The van der Waals surface area contributed by atoms with Gasteiger partial charge in [0.25, 0.3) is 0 Å². The zero-order valence-electron chi connectivity index (χ0n) is 34.9. The van der Waals surface area contributed by atoms with Gasteiger partial charge in [-0.2, -0.15) is 0 Å². The van der Waals surface area contributed by atoms with Crippen LogP contribution in [0.1, 0.15) is 258 Å². The Kier molecular flexibility index (Phi) is 44.5. The molecule has 0 aliphatic heterocycles. The number of esters is 1. The van der Waals surface area contributed by atoms with E-state index in [1.165, 1.54) is 218 Å². The first-order chi connectivity index (χ1) is 25.2. The van der Waals surface area contributed by atoms with Crippen molar-refractivity contribution in [1.82, 2.24) is 0 Å². The highest BCUT2D eigenvalue weighted by Crippen LogP contribution is 2.16. The van der Waals surface area contributed by atoms with E-state index in [0.29, 0.717) is 19.6 Å². The van der Waals surface area contributed by atoms with Crippen LogP contribution in [0.15, 0.2) is 12.2 Å². The molecule has 0 aromatic heterocycles. The molecule has 0 saturated carbocycles. The molecule has 0 aromatic rings. The van der Waals surface area contributed by atoms with Crippen LogP contribution in [0.2, 0.25) is 0 Å². The summed E-state index contributed by atoms with van der Waals surface area (Å²) in [6.45, 7) is 5.38. The van der Waals surface area contributed by atoms with E-state index in [1.807, 2.05) is 0 Å². The maximum absolute atomic E-state index is 12.2. The van der Waals surface area contributed by atoms with E-state index in [2.05, 4.69) is 26.0 Å². The molecule has 0 aromatic carbocycles. The van der Waals surface area contributed by atoms with Crippen LogP contribution in [0.25, 0.3) is 0 Å². The standard InChI is InChI=1S/C47H92O4/c1-3-5-7-9-11-13-15-17-19-20-21-22-23-24-25-26-27-28-29-31-33-35-37-39-41-43-50-45-46(44-48)51-47(49)42-40-38-36-34-32-30-18-16-14-12-10-8-6-4-2/h16,18,46,48H,3-15,17,19-45H2,1-2H3/b18-16-. The second-order valence-corrected chi connectivity index (χ2v) is 15.8. The number of allylic oxidation sites excluding steroid dienone is 2. The van der Waals surface area contributed by atoms with Crippen LogP contribution >= 0.6 is 0 Å². The largest absolute Gasteiger partial charge is 0.457 e. The molecule has 0 aliphatic rings. The first-order valence-corrected chi connectivity index (χ1v) is 23.3. The lowest BCUT2D eigenvalue weighted by atomic mass is 10.0. The number of aliphatic hydroxyl groups is 1. The molecule has 0 rings (SSSR count). The molecule has 0 heterocycles. The predicted molar refractivity (Wildman–Crippen MR) is 224 cm³/mol. The second kappa shape index (κ2) is 45.3. The summed E-state index contributed by atoms with van der Waals surface area (Å²) in [4.78, 5) is 12.2. The Bertz CT molecular complexity index is 677. The summed E-state index contributed by atoms with van der Waals surface area (Å²) in [5, 5.41) is 9.60. The third-order valence-electron chi connectivity index (χ3n) is 10.6. The van der Waals surface area contributed by atoms with Crippen LogP contribution in [0.3, 0.4) is 0 Å². The number of rotatable bonds is 44. The molecular weight excluding hydrogens is 629 g/mol. The fourth-order valence-electron chi connectivity index (χ4n) is 7.09. The molecule has 0 aliphatic carbocycles. The van der Waals surface area contributed by atoms with Gasteiger partial charge in [-0.15, -0.1) is 0 Å². The van der Waals surface area contributed by atoms with E-state index in [0.717, 1.165) is 19.3 Å². The minimum atomic E-state index is -0.532. The molecule has 0 spiro atoms. The van der Waals surface area contributed by atoms with Gasteiger partial charge in [-0.1, -0.05) is 225 Å². The van der Waals surface area contributed by atoms with E-state index in [1.54, 1.807) is 0 Å². The minimum Gasteiger partial charge on any atom is -0.457 e. The fraction of sp³-hybridized carbons (Fsp3) is 0.936. The molecule has 0 bridgehead atoms. The Morgan fingerprint density at radius 1 is 0.451 bits per heavy atom. The number of carbonyl (C=O) groups excluding carboxylic acids is 1. The smallest absolute Gasteiger partial charge is 0.306 e. The molecule has 0 radical (unpaired) electrons. The van der Waals surface area contributed by atoms with Crippen molar-refractivity contribution in [2.24, 2.45) is 0 Å². The summed E-state index contributed by atoms with van der Waals surface area (Å²) in [6, 6.07) is 0. The molecule has 0 amide bonds. The molecule has 0 saturated heterocycles. The van der Waals surface area contributed by atoms with Gasteiger partial charge in [0, 0.05) is 13.0 Å². The molecule has 0 fully saturated rings. The normalized spacial score (nSPS) is 12.3. The lowest BCUT2D eigenvalue weighted by Gasteiger charge is -2.15. The van der Waals surface area contributed by atoms with Gasteiger partial charge in [0.15, 0.2) is 0 Å². The van der Waals surface area contributed by atoms with Crippen molar-refractivity contribution in [2.45, 2.75) is 264 Å².